The third-order valence-electron chi connectivity index (χ3n) is 6.04. The van der Waals surface area contributed by atoms with Crippen molar-refractivity contribution in [1.82, 2.24) is 14.9 Å². The van der Waals surface area contributed by atoms with Crippen molar-refractivity contribution in [2.24, 2.45) is 5.41 Å². The zero-order chi connectivity index (χ0) is 19.8. The second kappa shape index (κ2) is 7.58. The van der Waals surface area contributed by atoms with Gasteiger partial charge in [-0.3, -0.25) is 5.32 Å². The molecule has 5 rings (SSSR count). The molecule has 3 fully saturated rings. The lowest BCUT2D eigenvalue weighted by Gasteiger charge is -2.28. The Morgan fingerprint density at radius 3 is 2.86 bits per heavy atom. The lowest BCUT2D eigenvalue weighted by atomic mass is 9.87. The van der Waals surface area contributed by atoms with Crippen molar-refractivity contribution in [3.63, 3.8) is 0 Å². The van der Waals surface area contributed by atoms with Crippen LogP contribution in [-0.2, 0) is 9.47 Å². The molecule has 3 aliphatic heterocycles. The van der Waals surface area contributed by atoms with Gasteiger partial charge in [0.15, 0.2) is 5.13 Å². The predicted octanol–water partition coefficient (Wildman–Crippen LogP) is 2.18. The molecule has 156 valence electrons. The number of thiazole rings is 1. The van der Waals surface area contributed by atoms with Gasteiger partial charge in [0.05, 0.1) is 43.5 Å². The Bertz CT molecular complexity index is 907. The lowest BCUT2D eigenvalue weighted by Crippen LogP contribution is -2.36. The fourth-order valence-corrected chi connectivity index (χ4v) is 5.35. The van der Waals surface area contributed by atoms with E-state index in [0.29, 0.717) is 29.7 Å². The molecule has 2 amide bonds. The summed E-state index contributed by atoms with van der Waals surface area (Å²) in [5, 5.41) is 3.55. The molecule has 3 saturated heterocycles. The van der Waals surface area contributed by atoms with Crippen LogP contribution < -0.4 is 15.0 Å². The van der Waals surface area contributed by atoms with Crippen molar-refractivity contribution < 1.29 is 19.0 Å². The largest absolute Gasteiger partial charge is 0.479 e. The van der Waals surface area contributed by atoms with E-state index in [0.717, 1.165) is 62.6 Å². The zero-order valence-corrected chi connectivity index (χ0v) is 17.3. The fraction of sp³-hybridized carbons (Fsp3) is 0.632. The Morgan fingerprint density at radius 1 is 1.24 bits per heavy atom. The number of hydrogen-bond donors (Lipinski definition) is 1. The van der Waals surface area contributed by atoms with Crippen molar-refractivity contribution >= 4 is 38.4 Å². The minimum atomic E-state index is -0.104. The third kappa shape index (κ3) is 3.49. The number of likely N-dealkylation sites (tertiary alicyclic amines) is 1. The van der Waals surface area contributed by atoms with Crippen LogP contribution in [0.2, 0.25) is 0 Å². The molecule has 2 aromatic heterocycles. The average Bonchev–Trinajstić information content (AvgIpc) is 3.48. The topological polar surface area (TPSA) is 89.1 Å². The highest BCUT2D eigenvalue weighted by molar-refractivity contribution is 7.23. The first-order chi connectivity index (χ1) is 14.2. The summed E-state index contributed by atoms with van der Waals surface area (Å²) in [6, 6.07) is -0.104. The van der Waals surface area contributed by atoms with E-state index >= 15 is 0 Å². The van der Waals surface area contributed by atoms with Crippen LogP contribution in [0.15, 0.2) is 6.20 Å². The maximum Gasteiger partial charge on any atom is 0.323 e. The molecular formula is C19H25N5O4S. The number of hydrogen-bond acceptors (Lipinski definition) is 8. The minimum absolute atomic E-state index is 0.104. The second-order valence-electron chi connectivity index (χ2n) is 7.85. The number of morpholine rings is 1. The zero-order valence-electron chi connectivity index (χ0n) is 16.5. The summed E-state index contributed by atoms with van der Waals surface area (Å²) in [5.41, 5.74) is 1.82. The normalized spacial score (nSPS) is 24.6. The molecule has 1 N–H and O–H groups in total. The van der Waals surface area contributed by atoms with E-state index < -0.39 is 0 Å². The maximum atomic E-state index is 12.8. The van der Waals surface area contributed by atoms with Crippen molar-refractivity contribution in [1.29, 1.82) is 0 Å². The van der Waals surface area contributed by atoms with Crippen LogP contribution in [0.25, 0.3) is 10.2 Å². The molecular weight excluding hydrogens is 394 g/mol. The molecule has 0 bridgehead atoms. The highest BCUT2D eigenvalue weighted by Crippen LogP contribution is 2.40. The number of carbonyl (C=O) groups is 1. The van der Waals surface area contributed by atoms with E-state index in [-0.39, 0.29) is 11.4 Å². The molecule has 0 radical (unpaired) electrons. The van der Waals surface area contributed by atoms with Gasteiger partial charge in [0.25, 0.3) is 0 Å². The molecule has 10 heteroatoms. The molecule has 0 saturated carbocycles. The molecule has 2 aromatic rings. The number of ether oxygens (including phenoxy) is 3. The summed E-state index contributed by atoms with van der Waals surface area (Å²) in [6.45, 7) is 6.04. The highest BCUT2D eigenvalue weighted by Gasteiger charge is 2.42. The van der Waals surface area contributed by atoms with Crippen LogP contribution in [0.1, 0.15) is 12.8 Å². The number of nitrogens with zero attached hydrogens (tertiary/aromatic N) is 4. The smallest absolute Gasteiger partial charge is 0.323 e. The van der Waals surface area contributed by atoms with Crippen LogP contribution in [-0.4, -0.2) is 80.6 Å². The summed E-state index contributed by atoms with van der Waals surface area (Å²) in [5.74, 6) is 0.469. The van der Waals surface area contributed by atoms with Gasteiger partial charge in [0, 0.05) is 38.2 Å². The number of fused-ring (bicyclic) bond motifs is 1. The van der Waals surface area contributed by atoms with Crippen molar-refractivity contribution in [2.75, 3.05) is 69.9 Å². The van der Waals surface area contributed by atoms with E-state index in [4.69, 9.17) is 14.2 Å². The Labute approximate surface area is 172 Å². The molecule has 1 atom stereocenters. The van der Waals surface area contributed by atoms with Crippen LogP contribution in [0.5, 0.6) is 5.88 Å². The van der Waals surface area contributed by atoms with Gasteiger partial charge >= 0.3 is 6.03 Å². The second-order valence-corrected chi connectivity index (χ2v) is 8.85. The standard InChI is InChI=1S/C19H25N5O4S/c1-26-16-14-15(13(10-20-16)23-5-8-27-9-6-23)29-17(21-14)22-18(25)24-4-2-19(11-24)3-7-28-12-19/h10H,2-9,11-12H2,1H3,(H,21,22,25). The first kappa shape index (κ1) is 18.8. The van der Waals surface area contributed by atoms with Crippen molar-refractivity contribution in [3.05, 3.63) is 6.20 Å². The van der Waals surface area contributed by atoms with Crippen LogP contribution >= 0.6 is 11.3 Å². The van der Waals surface area contributed by atoms with Gasteiger partial charge in [-0.2, -0.15) is 0 Å². The van der Waals surface area contributed by atoms with E-state index in [1.807, 2.05) is 11.1 Å². The van der Waals surface area contributed by atoms with Gasteiger partial charge in [0.1, 0.15) is 5.52 Å². The number of amides is 2. The van der Waals surface area contributed by atoms with Gasteiger partial charge in [-0.25, -0.2) is 14.8 Å². The van der Waals surface area contributed by atoms with Gasteiger partial charge in [-0.1, -0.05) is 11.3 Å². The number of pyridine rings is 1. The average molecular weight is 420 g/mol. The van der Waals surface area contributed by atoms with Crippen molar-refractivity contribution in [2.45, 2.75) is 12.8 Å². The Kier molecular flexibility index (Phi) is 4.92. The van der Waals surface area contributed by atoms with E-state index in [2.05, 4.69) is 20.2 Å². The van der Waals surface area contributed by atoms with Gasteiger partial charge in [-0.15, -0.1) is 0 Å². The van der Waals surface area contributed by atoms with Gasteiger partial charge in [-0.05, 0) is 12.8 Å². The third-order valence-corrected chi connectivity index (χ3v) is 7.03. The van der Waals surface area contributed by atoms with Gasteiger partial charge < -0.3 is 24.0 Å². The van der Waals surface area contributed by atoms with Crippen LogP contribution in [0.3, 0.4) is 0 Å². The van der Waals surface area contributed by atoms with Crippen molar-refractivity contribution in [3.8, 4) is 5.88 Å². The molecule has 3 aliphatic rings. The monoisotopic (exact) mass is 419 g/mol. The predicted molar refractivity (Wildman–Crippen MR) is 110 cm³/mol. The molecule has 1 spiro atoms. The first-order valence-electron chi connectivity index (χ1n) is 9.97. The number of anilines is 2. The fourth-order valence-electron chi connectivity index (χ4n) is 4.36. The summed E-state index contributed by atoms with van der Waals surface area (Å²) in [4.78, 5) is 26.0. The quantitative estimate of drug-likeness (QED) is 0.816. The highest BCUT2D eigenvalue weighted by atomic mass is 32.1. The summed E-state index contributed by atoms with van der Waals surface area (Å²) in [6.07, 6.45) is 3.85. The first-order valence-corrected chi connectivity index (χ1v) is 10.8. The van der Waals surface area contributed by atoms with Crippen LogP contribution in [0.4, 0.5) is 15.6 Å². The number of nitrogens with one attached hydrogen (secondary N) is 1. The number of urea groups is 1. The maximum absolute atomic E-state index is 12.8. The molecule has 1 unspecified atom stereocenters. The number of rotatable bonds is 3. The SMILES string of the molecule is COc1ncc(N2CCOCC2)c2sc(NC(=O)N3CCC4(CCOC4)C3)nc12. The summed E-state index contributed by atoms with van der Waals surface area (Å²) < 4.78 is 17.4. The number of carbonyl (C=O) groups excluding carboxylic acids is 1. The lowest BCUT2D eigenvalue weighted by molar-refractivity contribution is 0.123. The Hall–Kier alpha value is -2.17. The molecule has 0 aromatic carbocycles. The van der Waals surface area contributed by atoms with Crippen LogP contribution in [0, 0.1) is 5.41 Å². The molecule has 5 heterocycles. The molecule has 29 heavy (non-hydrogen) atoms. The Morgan fingerprint density at radius 2 is 2.10 bits per heavy atom. The summed E-state index contributed by atoms with van der Waals surface area (Å²) >= 11 is 1.46. The minimum Gasteiger partial charge on any atom is -0.479 e. The van der Waals surface area contributed by atoms with E-state index in [9.17, 15) is 4.79 Å². The summed E-state index contributed by atoms with van der Waals surface area (Å²) in [7, 11) is 1.58. The molecule has 0 aliphatic carbocycles. The Balaban J connectivity index is 1.38. The van der Waals surface area contributed by atoms with Gasteiger partial charge in [0.2, 0.25) is 5.88 Å². The number of methoxy groups -OCH3 is 1. The molecule has 9 nitrogen and oxygen atoms in total. The van der Waals surface area contributed by atoms with E-state index in [1.54, 1.807) is 7.11 Å². The van der Waals surface area contributed by atoms with E-state index in [1.165, 1.54) is 11.3 Å². The number of aromatic nitrogens is 2.